The number of aldehydes is 1. The molecule has 1 aliphatic heterocycles. The van der Waals surface area contributed by atoms with Gasteiger partial charge in [-0.15, -0.1) is 3.82 Å². The molecule has 1 aliphatic rings. The number of fused-ring (bicyclic) bond motifs is 1. The molecule has 2 rings (SSSR count). The van der Waals surface area contributed by atoms with Gasteiger partial charge in [0, 0.05) is 4.90 Å². The highest BCUT2D eigenvalue weighted by Gasteiger charge is 2.29. The average molecular weight is 200 g/mol. The van der Waals surface area contributed by atoms with Crippen LogP contribution in [-0.4, -0.2) is 10.1 Å². The standard InChI is InChI=1S/C8H6ClNOS/c9-10-7(5-11)6-3-1-2-4-8(6)12-10/h1-5,7H. The SMILES string of the molecule is O=CC1c2ccccc2SN1Cl. The van der Waals surface area contributed by atoms with Gasteiger partial charge in [0.25, 0.3) is 0 Å². The predicted molar refractivity (Wildman–Crippen MR) is 48.8 cm³/mol. The Morgan fingerprint density at radius 3 is 3.00 bits per heavy atom. The van der Waals surface area contributed by atoms with E-state index in [1.54, 1.807) is 0 Å². The minimum absolute atomic E-state index is 0.298. The van der Waals surface area contributed by atoms with E-state index in [1.165, 1.54) is 15.8 Å². The lowest BCUT2D eigenvalue weighted by Gasteiger charge is -2.07. The van der Waals surface area contributed by atoms with Crippen LogP contribution in [-0.2, 0) is 4.79 Å². The third-order valence-corrected chi connectivity index (χ3v) is 3.16. The summed E-state index contributed by atoms with van der Waals surface area (Å²) in [5.41, 5.74) is 0.993. The van der Waals surface area contributed by atoms with Crippen molar-refractivity contribution in [3.05, 3.63) is 29.8 Å². The van der Waals surface area contributed by atoms with E-state index in [0.717, 1.165) is 16.7 Å². The maximum absolute atomic E-state index is 10.6. The molecule has 1 unspecified atom stereocenters. The van der Waals surface area contributed by atoms with Gasteiger partial charge in [0.05, 0.1) is 0 Å². The van der Waals surface area contributed by atoms with Crippen molar-refractivity contribution in [2.45, 2.75) is 10.9 Å². The molecule has 0 saturated heterocycles. The molecule has 0 aliphatic carbocycles. The van der Waals surface area contributed by atoms with Gasteiger partial charge in [0.15, 0.2) is 0 Å². The summed E-state index contributed by atoms with van der Waals surface area (Å²) in [6, 6.07) is 7.42. The lowest BCUT2D eigenvalue weighted by atomic mass is 10.1. The Morgan fingerprint density at radius 2 is 2.25 bits per heavy atom. The Kier molecular flexibility index (Phi) is 2.09. The van der Waals surface area contributed by atoms with E-state index in [2.05, 4.69) is 0 Å². The first-order valence-corrected chi connectivity index (χ1v) is 4.61. The quantitative estimate of drug-likeness (QED) is 0.394. The molecule has 1 heterocycles. The Labute approximate surface area is 79.8 Å². The van der Waals surface area contributed by atoms with Crippen molar-refractivity contribution in [2.24, 2.45) is 0 Å². The van der Waals surface area contributed by atoms with E-state index in [0.29, 0.717) is 0 Å². The van der Waals surface area contributed by atoms with Crippen molar-refractivity contribution < 1.29 is 4.79 Å². The molecule has 0 fully saturated rings. The van der Waals surface area contributed by atoms with Crippen LogP contribution in [0.5, 0.6) is 0 Å². The number of carbonyl (C=O) groups excluding carboxylic acids is 1. The van der Waals surface area contributed by atoms with E-state index in [1.807, 2.05) is 24.3 Å². The number of benzene rings is 1. The van der Waals surface area contributed by atoms with Crippen LogP contribution in [0, 0.1) is 0 Å². The summed E-state index contributed by atoms with van der Waals surface area (Å²) < 4.78 is 1.44. The summed E-state index contributed by atoms with van der Waals surface area (Å²) in [6.07, 6.45) is 0.853. The molecule has 12 heavy (non-hydrogen) atoms. The predicted octanol–water partition coefficient (Wildman–Crippen LogP) is 2.40. The maximum atomic E-state index is 10.6. The molecule has 4 heteroatoms. The number of hydrogen-bond donors (Lipinski definition) is 0. The Morgan fingerprint density at radius 1 is 1.50 bits per heavy atom. The second kappa shape index (κ2) is 3.09. The molecule has 2 nitrogen and oxygen atoms in total. The fraction of sp³-hybridized carbons (Fsp3) is 0.125. The minimum atomic E-state index is -0.298. The van der Waals surface area contributed by atoms with Crippen molar-refractivity contribution in [2.75, 3.05) is 0 Å². The molecule has 0 aromatic heterocycles. The zero-order valence-electron chi connectivity index (χ0n) is 6.11. The van der Waals surface area contributed by atoms with E-state index in [9.17, 15) is 4.79 Å². The van der Waals surface area contributed by atoms with Crippen molar-refractivity contribution in [1.29, 1.82) is 0 Å². The molecule has 0 radical (unpaired) electrons. The van der Waals surface area contributed by atoms with Gasteiger partial charge < -0.3 is 4.79 Å². The smallest absolute Gasteiger partial charge is 0.144 e. The zero-order valence-corrected chi connectivity index (χ0v) is 7.68. The van der Waals surface area contributed by atoms with Crippen molar-refractivity contribution in [3.8, 4) is 0 Å². The van der Waals surface area contributed by atoms with E-state index < -0.39 is 0 Å². The number of hydrogen-bond acceptors (Lipinski definition) is 3. The Bertz CT molecular complexity index is 318. The van der Waals surface area contributed by atoms with Gasteiger partial charge in [0.2, 0.25) is 0 Å². The number of carbonyl (C=O) groups is 1. The topological polar surface area (TPSA) is 20.3 Å². The minimum Gasteiger partial charge on any atom is -0.301 e. The highest BCUT2D eigenvalue weighted by molar-refractivity contribution is 7.98. The van der Waals surface area contributed by atoms with Crippen molar-refractivity contribution >= 4 is 30.0 Å². The molecule has 1 atom stereocenters. The van der Waals surface area contributed by atoms with Crippen LogP contribution >= 0.6 is 23.7 Å². The zero-order chi connectivity index (χ0) is 8.55. The van der Waals surface area contributed by atoms with Gasteiger partial charge in [0.1, 0.15) is 12.3 Å². The van der Waals surface area contributed by atoms with Gasteiger partial charge in [-0.2, -0.15) is 0 Å². The molecule has 0 bridgehead atoms. The summed E-state index contributed by atoms with van der Waals surface area (Å²) in [4.78, 5) is 11.7. The Hall–Kier alpha value is -0.510. The van der Waals surface area contributed by atoms with Crippen LogP contribution in [0.15, 0.2) is 29.2 Å². The summed E-state index contributed by atoms with van der Waals surface area (Å²) in [5, 5.41) is 0. The molecule has 1 aromatic rings. The first kappa shape index (κ1) is 8.10. The molecular weight excluding hydrogens is 194 g/mol. The third kappa shape index (κ3) is 1.14. The normalized spacial score (nSPS) is 22.2. The van der Waals surface area contributed by atoms with Crippen molar-refractivity contribution in [3.63, 3.8) is 0 Å². The van der Waals surface area contributed by atoms with Crippen LogP contribution in [0.4, 0.5) is 0 Å². The average Bonchev–Trinajstić information content (AvgIpc) is 2.40. The monoisotopic (exact) mass is 199 g/mol. The van der Waals surface area contributed by atoms with E-state index in [4.69, 9.17) is 11.8 Å². The van der Waals surface area contributed by atoms with E-state index in [-0.39, 0.29) is 6.04 Å². The summed E-state index contributed by atoms with van der Waals surface area (Å²) in [7, 11) is 0. The third-order valence-electron chi connectivity index (χ3n) is 1.77. The second-order valence-electron chi connectivity index (χ2n) is 2.48. The van der Waals surface area contributed by atoms with Crippen LogP contribution in [0.25, 0.3) is 0 Å². The van der Waals surface area contributed by atoms with Crippen molar-refractivity contribution in [1.82, 2.24) is 3.82 Å². The summed E-state index contributed by atoms with van der Waals surface area (Å²) >= 11 is 7.20. The molecule has 0 amide bonds. The molecule has 62 valence electrons. The van der Waals surface area contributed by atoms with E-state index >= 15 is 0 Å². The fourth-order valence-corrected chi connectivity index (χ4v) is 2.46. The van der Waals surface area contributed by atoms with Gasteiger partial charge in [-0.05, 0) is 35.4 Å². The van der Waals surface area contributed by atoms with Crippen LogP contribution in [0.3, 0.4) is 0 Å². The molecule has 0 N–H and O–H groups in total. The van der Waals surface area contributed by atoms with Gasteiger partial charge >= 0.3 is 0 Å². The largest absolute Gasteiger partial charge is 0.301 e. The summed E-state index contributed by atoms with van der Waals surface area (Å²) in [6.45, 7) is 0. The van der Waals surface area contributed by atoms with Crippen LogP contribution in [0.1, 0.15) is 11.6 Å². The summed E-state index contributed by atoms with van der Waals surface area (Å²) in [5.74, 6) is 0. The molecule has 1 aromatic carbocycles. The highest BCUT2D eigenvalue weighted by atomic mass is 35.5. The fourth-order valence-electron chi connectivity index (χ4n) is 1.19. The highest BCUT2D eigenvalue weighted by Crippen LogP contribution is 2.44. The molecule has 0 saturated carbocycles. The number of rotatable bonds is 1. The molecular formula is C8H6ClNOS. The second-order valence-corrected chi connectivity index (χ2v) is 4.06. The first-order chi connectivity index (χ1) is 5.83. The number of nitrogens with zero attached hydrogens (tertiary/aromatic N) is 1. The first-order valence-electron chi connectivity index (χ1n) is 3.50. The Balaban J connectivity index is 2.47. The van der Waals surface area contributed by atoms with Gasteiger partial charge in [-0.3, -0.25) is 0 Å². The molecule has 0 spiro atoms. The lowest BCUT2D eigenvalue weighted by Crippen LogP contribution is -2.07. The maximum Gasteiger partial charge on any atom is 0.144 e. The van der Waals surface area contributed by atoms with Crippen LogP contribution in [0.2, 0.25) is 0 Å². The van der Waals surface area contributed by atoms with Crippen LogP contribution < -0.4 is 0 Å². The van der Waals surface area contributed by atoms with Gasteiger partial charge in [-0.1, -0.05) is 18.2 Å². The lowest BCUT2D eigenvalue weighted by molar-refractivity contribution is -0.110. The number of halogens is 1. The van der Waals surface area contributed by atoms with Gasteiger partial charge in [-0.25, -0.2) is 0 Å².